The second-order valence-corrected chi connectivity index (χ2v) is 6.15. The molecule has 0 aliphatic carbocycles. The van der Waals surface area contributed by atoms with Gasteiger partial charge in [0, 0.05) is 17.3 Å². The lowest BCUT2D eigenvalue weighted by Gasteiger charge is -2.11. The van der Waals surface area contributed by atoms with Crippen LogP contribution in [0.15, 0.2) is 79.0 Å². The number of anilines is 2. The van der Waals surface area contributed by atoms with Crippen molar-refractivity contribution in [1.82, 2.24) is 4.98 Å². The molecule has 5 heteroatoms. The first-order valence-electron chi connectivity index (χ1n) is 8.42. The molecule has 132 valence electrons. The van der Waals surface area contributed by atoms with Crippen molar-refractivity contribution in [3.63, 3.8) is 0 Å². The highest BCUT2D eigenvalue weighted by atomic mass is 19.1. The number of rotatable bonds is 3. The summed E-state index contributed by atoms with van der Waals surface area (Å²) in [6, 6.07) is 21.0. The number of hydrogen-bond acceptors (Lipinski definition) is 3. The maximum Gasteiger partial charge on any atom is 0.257 e. The van der Waals surface area contributed by atoms with Crippen molar-refractivity contribution in [2.45, 2.75) is 0 Å². The zero-order chi connectivity index (χ0) is 18.8. The van der Waals surface area contributed by atoms with Gasteiger partial charge < -0.3 is 11.1 Å². The van der Waals surface area contributed by atoms with E-state index in [2.05, 4.69) is 10.3 Å². The van der Waals surface area contributed by atoms with Crippen LogP contribution < -0.4 is 11.1 Å². The van der Waals surface area contributed by atoms with Crippen molar-refractivity contribution in [3.8, 4) is 11.1 Å². The third kappa shape index (κ3) is 3.35. The Kier molecular flexibility index (Phi) is 4.26. The number of hydrogen-bond donors (Lipinski definition) is 2. The van der Waals surface area contributed by atoms with Crippen LogP contribution in [0.2, 0.25) is 0 Å². The van der Waals surface area contributed by atoms with E-state index in [0.29, 0.717) is 27.8 Å². The number of amides is 1. The molecule has 4 rings (SSSR count). The van der Waals surface area contributed by atoms with E-state index in [9.17, 15) is 9.18 Å². The van der Waals surface area contributed by atoms with E-state index in [0.717, 1.165) is 11.1 Å². The highest BCUT2D eigenvalue weighted by Crippen LogP contribution is 2.29. The SMILES string of the molecule is Nc1ncc(C(=O)Nc2ccccc2)c2ccc(-c3cccc(F)c3)cc12. The minimum Gasteiger partial charge on any atom is -0.383 e. The van der Waals surface area contributed by atoms with Gasteiger partial charge in [0.2, 0.25) is 0 Å². The normalized spacial score (nSPS) is 10.7. The monoisotopic (exact) mass is 357 g/mol. The van der Waals surface area contributed by atoms with E-state index < -0.39 is 0 Å². The van der Waals surface area contributed by atoms with Crippen LogP contribution >= 0.6 is 0 Å². The number of para-hydroxylation sites is 1. The molecule has 0 aliphatic heterocycles. The number of pyridine rings is 1. The van der Waals surface area contributed by atoms with Crippen molar-refractivity contribution < 1.29 is 9.18 Å². The van der Waals surface area contributed by atoms with E-state index in [4.69, 9.17) is 5.73 Å². The first kappa shape index (κ1) is 16.7. The number of aromatic nitrogens is 1. The summed E-state index contributed by atoms with van der Waals surface area (Å²) in [5, 5.41) is 4.20. The molecular formula is C22H16FN3O. The third-order valence-corrected chi connectivity index (χ3v) is 4.35. The molecule has 0 atom stereocenters. The van der Waals surface area contributed by atoms with Crippen molar-refractivity contribution >= 4 is 28.2 Å². The van der Waals surface area contributed by atoms with Crippen LogP contribution in [0.1, 0.15) is 10.4 Å². The fraction of sp³-hybridized carbons (Fsp3) is 0. The van der Waals surface area contributed by atoms with Crippen LogP contribution in [0.3, 0.4) is 0 Å². The lowest BCUT2D eigenvalue weighted by molar-refractivity contribution is 0.102. The molecule has 4 aromatic rings. The van der Waals surface area contributed by atoms with Gasteiger partial charge in [0.1, 0.15) is 11.6 Å². The molecule has 27 heavy (non-hydrogen) atoms. The summed E-state index contributed by atoms with van der Waals surface area (Å²) in [7, 11) is 0. The van der Waals surface area contributed by atoms with Crippen LogP contribution in [0.25, 0.3) is 21.9 Å². The van der Waals surface area contributed by atoms with Gasteiger partial charge in [-0.25, -0.2) is 9.37 Å². The largest absolute Gasteiger partial charge is 0.383 e. The second-order valence-electron chi connectivity index (χ2n) is 6.15. The van der Waals surface area contributed by atoms with Crippen LogP contribution in [-0.2, 0) is 0 Å². The fourth-order valence-electron chi connectivity index (χ4n) is 3.01. The Morgan fingerprint density at radius 1 is 0.889 bits per heavy atom. The van der Waals surface area contributed by atoms with Gasteiger partial charge in [-0.2, -0.15) is 0 Å². The number of fused-ring (bicyclic) bond motifs is 1. The summed E-state index contributed by atoms with van der Waals surface area (Å²) in [5.41, 5.74) is 8.69. The lowest BCUT2D eigenvalue weighted by Crippen LogP contribution is -2.13. The van der Waals surface area contributed by atoms with Gasteiger partial charge in [-0.15, -0.1) is 0 Å². The number of carbonyl (C=O) groups is 1. The minimum atomic E-state index is -0.310. The molecule has 0 spiro atoms. The number of carbonyl (C=O) groups excluding carboxylic acids is 1. The zero-order valence-electron chi connectivity index (χ0n) is 14.3. The maximum absolute atomic E-state index is 13.5. The molecule has 3 N–H and O–H groups in total. The molecule has 1 amide bonds. The highest BCUT2D eigenvalue weighted by molar-refractivity contribution is 6.14. The number of halogens is 1. The number of benzene rings is 3. The van der Waals surface area contributed by atoms with Crippen LogP contribution in [0, 0.1) is 5.82 Å². The van der Waals surface area contributed by atoms with Gasteiger partial charge >= 0.3 is 0 Å². The van der Waals surface area contributed by atoms with E-state index in [-0.39, 0.29) is 11.7 Å². The molecule has 0 bridgehead atoms. The summed E-state index contributed by atoms with van der Waals surface area (Å²) in [5.74, 6) is -0.258. The standard InChI is InChI=1S/C22H16FN3O/c23-16-6-4-5-14(11-16)15-9-10-18-19(12-15)21(24)25-13-20(18)22(27)26-17-7-2-1-3-8-17/h1-13H,(H2,24,25)(H,26,27). The van der Waals surface area contributed by atoms with Crippen LogP contribution in [0.4, 0.5) is 15.9 Å². The lowest BCUT2D eigenvalue weighted by atomic mass is 9.99. The number of nitrogens with two attached hydrogens (primary N) is 1. The predicted octanol–water partition coefficient (Wildman–Crippen LogP) is 4.88. The first-order valence-corrected chi connectivity index (χ1v) is 8.42. The summed E-state index contributed by atoms with van der Waals surface area (Å²) < 4.78 is 13.5. The topological polar surface area (TPSA) is 68.0 Å². The Labute approximate surface area is 155 Å². The molecule has 0 aliphatic rings. The molecule has 3 aromatic carbocycles. The van der Waals surface area contributed by atoms with E-state index in [1.54, 1.807) is 6.07 Å². The molecule has 0 radical (unpaired) electrons. The maximum atomic E-state index is 13.5. The first-order chi connectivity index (χ1) is 13.1. The van der Waals surface area contributed by atoms with Crippen molar-refractivity contribution in [2.75, 3.05) is 11.1 Å². The molecular weight excluding hydrogens is 341 g/mol. The van der Waals surface area contributed by atoms with Gasteiger partial charge in [0.15, 0.2) is 0 Å². The second kappa shape index (κ2) is 6.88. The third-order valence-electron chi connectivity index (χ3n) is 4.35. The van der Waals surface area contributed by atoms with Gasteiger partial charge in [-0.3, -0.25) is 4.79 Å². The summed E-state index contributed by atoms with van der Waals surface area (Å²) >= 11 is 0. The summed E-state index contributed by atoms with van der Waals surface area (Å²) in [6.45, 7) is 0. The van der Waals surface area contributed by atoms with Crippen LogP contribution in [0.5, 0.6) is 0 Å². The number of nitrogens with zero attached hydrogens (tertiary/aromatic N) is 1. The molecule has 0 saturated carbocycles. The Morgan fingerprint density at radius 2 is 1.67 bits per heavy atom. The van der Waals surface area contributed by atoms with Crippen molar-refractivity contribution in [2.24, 2.45) is 0 Å². The van der Waals surface area contributed by atoms with Crippen molar-refractivity contribution in [1.29, 1.82) is 0 Å². The van der Waals surface area contributed by atoms with E-state index >= 15 is 0 Å². The van der Waals surface area contributed by atoms with E-state index in [1.807, 2.05) is 54.6 Å². The smallest absolute Gasteiger partial charge is 0.257 e. The molecule has 1 heterocycles. The van der Waals surface area contributed by atoms with Crippen LogP contribution in [-0.4, -0.2) is 10.9 Å². The molecule has 1 aromatic heterocycles. The summed E-state index contributed by atoms with van der Waals surface area (Å²) in [6.07, 6.45) is 1.47. The molecule has 0 saturated heterocycles. The average molecular weight is 357 g/mol. The zero-order valence-corrected chi connectivity index (χ0v) is 14.3. The average Bonchev–Trinajstić information content (AvgIpc) is 2.69. The predicted molar refractivity (Wildman–Crippen MR) is 106 cm³/mol. The molecule has 0 fully saturated rings. The quantitative estimate of drug-likeness (QED) is 0.549. The summed E-state index contributed by atoms with van der Waals surface area (Å²) in [4.78, 5) is 16.9. The van der Waals surface area contributed by atoms with E-state index in [1.165, 1.54) is 18.3 Å². The minimum absolute atomic E-state index is 0.266. The Bertz CT molecular complexity index is 1140. The molecule has 0 unspecified atom stereocenters. The Balaban J connectivity index is 1.77. The van der Waals surface area contributed by atoms with Gasteiger partial charge in [0.05, 0.1) is 5.56 Å². The Morgan fingerprint density at radius 3 is 2.44 bits per heavy atom. The van der Waals surface area contributed by atoms with Gasteiger partial charge in [-0.05, 0) is 46.8 Å². The van der Waals surface area contributed by atoms with Gasteiger partial charge in [-0.1, -0.05) is 42.5 Å². The fourth-order valence-corrected chi connectivity index (χ4v) is 3.01. The Hall–Kier alpha value is -3.73. The number of nitrogens with one attached hydrogen (secondary N) is 1. The highest BCUT2D eigenvalue weighted by Gasteiger charge is 2.14. The molecule has 4 nitrogen and oxygen atoms in total. The van der Waals surface area contributed by atoms with Crippen molar-refractivity contribution in [3.05, 3.63) is 90.4 Å². The van der Waals surface area contributed by atoms with Gasteiger partial charge in [0.25, 0.3) is 5.91 Å². The number of nitrogen functional groups attached to an aromatic ring is 1.